The van der Waals surface area contributed by atoms with Gasteiger partial charge in [0.15, 0.2) is 5.82 Å². The van der Waals surface area contributed by atoms with Crippen molar-refractivity contribution < 1.29 is 22.4 Å². The molecule has 4 N–H and O–H groups in total. The third kappa shape index (κ3) is 7.07. The van der Waals surface area contributed by atoms with Crippen LogP contribution in [0.25, 0.3) is 0 Å². The number of rotatable bonds is 10. The molecule has 1 atom stereocenters. The van der Waals surface area contributed by atoms with Crippen molar-refractivity contribution in [3.8, 4) is 0 Å². The smallest absolute Gasteiger partial charge is 0.254 e. The van der Waals surface area contributed by atoms with Crippen molar-refractivity contribution in [1.29, 1.82) is 0 Å². The number of primary amides is 1. The summed E-state index contributed by atoms with van der Waals surface area (Å²) in [6.07, 6.45) is 0. The normalized spacial score (nSPS) is 15.0. The summed E-state index contributed by atoms with van der Waals surface area (Å²) in [5.41, 5.74) is 6.37. The topological polar surface area (TPSA) is 122 Å². The first-order chi connectivity index (χ1) is 18.4. The van der Waals surface area contributed by atoms with E-state index < -0.39 is 39.3 Å². The van der Waals surface area contributed by atoms with Crippen LogP contribution in [0.3, 0.4) is 0 Å². The highest BCUT2D eigenvalue weighted by atomic mass is 35.5. The number of nitrogens with one attached hydrogen (secondary N) is 2. The minimum atomic E-state index is -3.94. The Labute approximate surface area is 236 Å². The van der Waals surface area contributed by atoms with Gasteiger partial charge in [0.1, 0.15) is 6.04 Å². The number of nitrogens with zero attached hydrogens (tertiary/aromatic N) is 1. The Hall–Kier alpha value is -3.18. The van der Waals surface area contributed by atoms with Crippen molar-refractivity contribution >= 4 is 50.7 Å². The molecule has 0 aromatic heterocycles. The Bertz CT molecular complexity index is 1420. The second kappa shape index (κ2) is 11.9. The van der Waals surface area contributed by atoms with Crippen LogP contribution in [0.1, 0.15) is 34.5 Å². The highest BCUT2D eigenvalue weighted by molar-refractivity contribution is 7.92. The van der Waals surface area contributed by atoms with Crippen LogP contribution in [0, 0.1) is 11.7 Å². The van der Waals surface area contributed by atoms with Crippen LogP contribution in [0.2, 0.25) is 10.0 Å². The first-order valence-electron chi connectivity index (χ1n) is 12.1. The van der Waals surface area contributed by atoms with Gasteiger partial charge in [0.25, 0.3) is 5.91 Å². The van der Waals surface area contributed by atoms with Crippen LogP contribution in [0.4, 0.5) is 10.1 Å². The predicted octanol–water partition coefficient (Wildman–Crippen LogP) is 4.20. The molecule has 3 aromatic rings. The van der Waals surface area contributed by atoms with Crippen LogP contribution in [-0.4, -0.2) is 50.0 Å². The molecular formula is C27H27Cl2FN4O4S. The van der Waals surface area contributed by atoms with E-state index >= 15 is 4.39 Å². The summed E-state index contributed by atoms with van der Waals surface area (Å²) in [7, 11) is -3.94. The van der Waals surface area contributed by atoms with Crippen molar-refractivity contribution in [2.45, 2.75) is 19.0 Å². The van der Waals surface area contributed by atoms with E-state index in [0.717, 1.165) is 11.1 Å². The van der Waals surface area contributed by atoms with E-state index in [1.807, 2.05) is 48.5 Å². The van der Waals surface area contributed by atoms with E-state index in [-0.39, 0.29) is 23.4 Å². The van der Waals surface area contributed by atoms with E-state index in [0.29, 0.717) is 23.1 Å². The second-order valence-electron chi connectivity index (χ2n) is 9.47. The van der Waals surface area contributed by atoms with Crippen molar-refractivity contribution in [2.24, 2.45) is 11.7 Å². The molecule has 4 rings (SSSR count). The van der Waals surface area contributed by atoms with E-state index in [4.69, 9.17) is 28.9 Å². The molecular weight excluding hydrogens is 566 g/mol. The molecule has 3 aromatic carbocycles. The first kappa shape index (κ1) is 28.8. The van der Waals surface area contributed by atoms with Gasteiger partial charge >= 0.3 is 0 Å². The van der Waals surface area contributed by atoms with Gasteiger partial charge in [0.05, 0.1) is 23.0 Å². The maximum atomic E-state index is 15.0. The Morgan fingerprint density at radius 2 is 1.54 bits per heavy atom. The van der Waals surface area contributed by atoms with E-state index in [2.05, 4.69) is 14.9 Å². The Balaban J connectivity index is 1.44. The van der Waals surface area contributed by atoms with Crippen LogP contribution < -0.4 is 15.8 Å². The monoisotopic (exact) mass is 592 g/mol. The number of likely N-dealkylation sites (tertiary alicyclic amines) is 1. The second-order valence-corrected chi connectivity index (χ2v) is 12.1. The van der Waals surface area contributed by atoms with Gasteiger partial charge < -0.3 is 11.1 Å². The predicted molar refractivity (Wildman–Crippen MR) is 150 cm³/mol. The highest BCUT2D eigenvalue weighted by Gasteiger charge is 2.36. The lowest BCUT2D eigenvalue weighted by atomic mass is 9.91. The van der Waals surface area contributed by atoms with E-state index in [1.54, 1.807) is 0 Å². The number of halogens is 3. The molecule has 39 heavy (non-hydrogen) atoms. The van der Waals surface area contributed by atoms with Gasteiger partial charge in [-0.2, -0.15) is 0 Å². The van der Waals surface area contributed by atoms with Crippen LogP contribution >= 0.6 is 23.2 Å². The molecule has 1 fully saturated rings. The van der Waals surface area contributed by atoms with Gasteiger partial charge in [-0.15, -0.1) is 0 Å². The van der Waals surface area contributed by atoms with Crippen molar-refractivity contribution in [3.63, 3.8) is 0 Å². The number of sulfonamides is 1. The summed E-state index contributed by atoms with van der Waals surface area (Å²) < 4.78 is 43.1. The molecule has 1 heterocycles. The number of hydrogen-bond acceptors (Lipinski definition) is 5. The van der Waals surface area contributed by atoms with Crippen molar-refractivity contribution in [1.82, 2.24) is 10.2 Å². The molecule has 0 aliphatic carbocycles. The average Bonchev–Trinajstić information content (AvgIpc) is 2.85. The van der Waals surface area contributed by atoms with Crippen molar-refractivity contribution in [3.05, 3.63) is 99.3 Å². The number of benzene rings is 3. The maximum Gasteiger partial charge on any atom is 0.254 e. The lowest BCUT2D eigenvalue weighted by Gasteiger charge is -2.44. The zero-order chi connectivity index (χ0) is 28.3. The van der Waals surface area contributed by atoms with Gasteiger partial charge in [0, 0.05) is 29.1 Å². The molecule has 1 unspecified atom stereocenters. The molecule has 2 amide bonds. The third-order valence-electron chi connectivity index (χ3n) is 6.46. The minimum absolute atomic E-state index is 0.123. The molecule has 206 valence electrons. The molecule has 1 aliphatic heterocycles. The van der Waals surface area contributed by atoms with Crippen LogP contribution in [0.5, 0.6) is 0 Å². The van der Waals surface area contributed by atoms with E-state index in [9.17, 15) is 18.0 Å². The fourth-order valence-corrected chi connectivity index (χ4v) is 6.14. The number of carbonyl (C=O) groups is 2. The summed E-state index contributed by atoms with van der Waals surface area (Å²) in [5, 5.41) is 3.50. The third-order valence-corrected chi connectivity index (χ3v) is 8.41. The summed E-state index contributed by atoms with van der Waals surface area (Å²) >= 11 is 12.1. The zero-order valence-corrected chi connectivity index (χ0v) is 23.2. The van der Waals surface area contributed by atoms with Crippen LogP contribution in [-0.2, 0) is 14.8 Å². The SMILES string of the molecule is CC(NC(=O)c1cccc(NS(=O)(=O)CC2CN(C(c3ccc(Cl)cc3)c3ccc(Cl)cc3)C2)c1F)C(N)=O. The summed E-state index contributed by atoms with van der Waals surface area (Å²) in [6, 6.07) is 17.6. The number of nitrogens with two attached hydrogens (primary N) is 1. The molecule has 0 spiro atoms. The average molecular weight is 594 g/mol. The largest absolute Gasteiger partial charge is 0.368 e. The number of carbonyl (C=O) groups excluding carboxylic acids is 2. The molecule has 12 heteroatoms. The minimum Gasteiger partial charge on any atom is -0.368 e. The molecule has 0 bridgehead atoms. The summed E-state index contributed by atoms with van der Waals surface area (Å²) in [4.78, 5) is 25.7. The molecule has 8 nitrogen and oxygen atoms in total. The lowest BCUT2D eigenvalue weighted by molar-refractivity contribution is -0.119. The maximum absolute atomic E-state index is 15.0. The number of hydrogen-bond donors (Lipinski definition) is 3. The molecule has 1 aliphatic rings. The molecule has 0 radical (unpaired) electrons. The standard InChI is InChI=1S/C27H27Cl2FN4O4S/c1-16(26(31)35)32-27(36)22-3-2-4-23(24(22)30)33-39(37,38)15-17-13-34(14-17)25(18-5-9-20(28)10-6-18)19-7-11-21(29)12-8-19/h2-12,16-17,25,33H,13-15H2,1H3,(H2,31,35)(H,32,36). The first-order valence-corrected chi connectivity index (χ1v) is 14.5. The zero-order valence-electron chi connectivity index (χ0n) is 20.9. The quantitative estimate of drug-likeness (QED) is 0.326. The molecule has 1 saturated heterocycles. The van der Waals surface area contributed by atoms with E-state index in [1.165, 1.54) is 25.1 Å². The van der Waals surface area contributed by atoms with Crippen LogP contribution in [0.15, 0.2) is 66.7 Å². The Morgan fingerprint density at radius 3 is 2.05 bits per heavy atom. The number of amides is 2. The Morgan fingerprint density at radius 1 is 1.00 bits per heavy atom. The summed E-state index contributed by atoms with van der Waals surface area (Å²) in [6.45, 7) is 2.34. The van der Waals surface area contributed by atoms with Crippen molar-refractivity contribution in [2.75, 3.05) is 23.6 Å². The molecule has 0 saturated carbocycles. The number of anilines is 1. The summed E-state index contributed by atoms with van der Waals surface area (Å²) in [5.74, 6) is -3.15. The Kier molecular flexibility index (Phi) is 8.80. The van der Waals surface area contributed by atoms with Gasteiger partial charge in [-0.05, 0) is 54.4 Å². The lowest BCUT2D eigenvalue weighted by Crippen LogP contribution is -2.51. The highest BCUT2D eigenvalue weighted by Crippen LogP contribution is 2.36. The van der Waals surface area contributed by atoms with Gasteiger partial charge in [-0.25, -0.2) is 12.8 Å². The fraction of sp³-hybridized carbons (Fsp3) is 0.259. The van der Waals surface area contributed by atoms with Gasteiger partial charge in [-0.3, -0.25) is 19.2 Å². The van der Waals surface area contributed by atoms with Gasteiger partial charge in [0.2, 0.25) is 15.9 Å². The fourth-order valence-electron chi connectivity index (χ4n) is 4.48. The van der Waals surface area contributed by atoms with Gasteiger partial charge in [-0.1, -0.05) is 53.5 Å².